The Morgan fingerprint density at radius 1 is 0.719 bits per heavy atom. The van der Waals surface area contributed by atoms with Gasteiger partial charge in [0.1, 0.15) is 23.9 Å². The number of alkyl halides is 4. The Balaban J connectivity index is 0.000000258. The first-order chi connectivity index (χ1) is 15.3. The molecule has 4 nitrogen and oxygen atoms in total. The third kappa shape index (κ3) is 6.26. The SMILES string of the molecule is COc1cc(OC)c(-c2ccc(CF)cc2)c(OC)c1.FOc1ccc(C(F)(F)F)cc1. The van der Waals surface area contributed by atoms with Crippen molar-refractivity contribution in [1.82, 2.24) is 0 Å². The molecule has 0 saturated carbocycles. The lowest BCUT2D eigenvalue weighted by Crippen LogP contribution is -2.03. The zero-order valence-electron chi connectivity index (χ0n) is 17.5. The van der Waals surface area contributed by atoms with E-state index in [2.05, 4.69) is 4.94 Å². The Kier molecular flexibility index (Phi) is 8.69. The first-order valence-corrected chi connectivity index (χ1v) is 9.18. The van der Waals surface area contributed by atoms with Crippen LogP contribution in [0.3, 0.4) is 0 Å². The number of hydrogen-bond acceptors (Lipinski definition) is 4. The van der Waals surface area contributed by atoms with Gasteiger partial charge in [-0.1, -0.05) is 24.3 Å². The van der Waals surface area contributed by atoms with Gasteiger partial charge in [0, 0.05) is 16.7 Å². The van der Waals surface area contributed by atoms with Gasteiger partial charge < -0.3 is 14.2 Å². The summed E-state index contributed by atoms with van der Waals surface area (Å²) in [7, 11) is 4.77. The summed E-state index contributed by atoms with van der Waals surface area (Å²) in [6.45, 7) is -0.475. The second-order valence-corrected chi connectivity index (χ2v) is 6.34. The second kappa shape index (κ2) is 11.2. The van der Waals surface area contributed by atoms with E-state index >= 15 is 0 Å². The van der Waals surface area contributed by atoms with Crippen LogP contribution >= 0.6 is 0 Å². The Hall–Kier alpha value is -3.49. The fraction of sp³-hybridized carbons (Fsp3) is 0.217. The van der Waals surface area contributed by atoms with E-state index in [4.69, 9.17) is 14.2 Å². The van der Waals surface area contributed by atoms with Crippen molar-refractivity contribution in [2.75, 3.05) is 21.3 Å². The van der Waals surface area contributed by atoms with Crippen LogP contribution in [-0.4, -0.2) is 21.3 Å². The molecular weight excluding hydrogens is 435 g/mol. The Bertz CT molecular complexity index is 962. The zero-order chi connectivity index (χ0) is 23.7. The van der Waals surface area contributed by atoms with Crippen molar-refractivity contribution in [1.29, 1.82) is 0 Å². The Morgan fingerprint density at radius 3 is 1.62 bits per heavy atom. The minimum atomic E-state index is -4.39. The maximum Gasteiger partial charge on any atom is 0.416 e. The highest BCUT2D eigenvalue weighted by Crippen LogP contribution is 2.41. The van der Waals surface area contributed by atoms with Crippen LogP contribution in [0.4, 0.5) is 22.1 Å². The summed E-state index contributed by atoms with van der Waals surface area (Å²) < 4.78 is 75.7. The molecule has 3 aromatic rings. The third-order valence-electron chi connectivity index (χ3n) is 4.38. The second-order valence-electron chi connectivity index (χ2n) is 6.34. The molecule has 0 atom stereocenters. The average molecular weight is 456 g/mol. The molecule has 0 aromatic heterocycles. The molecule has 0 amide bonds. The van der Waals surface area contributed by atoms with E-state index in [1.165, 1.54) is 0 Å². The number of hydrogen-bond donors (Lipinski definition) is 0. The molecule has 0 unspecified atom stereocenters. The average Bonchev–Trinajstić information content (AvgIpc) is 2.83. The van der Waals surface area contributed by atoms with Crippen molar-refractivity contribution in [2.45, 2.75) is 12.9 Å². The number of benzene rings is 3. The van der Waals surface area contributed by atoms with Crippen molar-refractivity contribution in [2.24, 2.45) is 0 Å². The van der Waals surface area contributed by atoms with E-state index in [0.717, 1.165) is 35.4 Å². The van der Waals surface area contributed by atoms with Crippen LogP contribution in [0, 0.1) is 0 Å². The van der Waals surface area contributed by atoms with E-state index in [1.54, 1.807) is 45.6 Å². The van der Waals surface area contributed by atoms with Crippen LogP contribution in [0.2, 0.25) is 0 Å². The first-order valence-electron chi connectivity index (χ1n) is 9.18. The predicted molar refractivity (Wildman–Crippen MR) is 110 cm³/mol. The normalized spacial score (nSPS) is 10.6. The molecule has 0 radical (unpaired) electrons. The highest BCUT2D eigenvalue weighted by Gasteiger charge is 2.30. The molecule has 32 heavy (non-hydrogen) atoms. The molecule has 172 valence electrons. The highest BCUT2D eigenvalue weighted by atomic mass is 19.4. The summed E-state index contributed by atoms with van der Waals surface area (Å²) >= 11 is 0. The van der Waals surface area contributed by atoms with Crippen molar-refractivity contribution < 1.29 is 41.2 Å². The summed E-state index contributed by atoms with van der Waals surface area (Å²) in [6.07, 6.45) is -4.39. The molecule has 0 N–H and O–H groups in total. The van der Waals surface area contributed by atoms with Gasteiger partial charge in [-0.05, 0) is 35.4 Å². The molecule has 0 saturated heterocycles. The minimum Gasteiger partial charge on any atom is -0.496 e. The molecular formula is C23H21F5O4. The lowest BCUT2D eigenvalue weighted by Gasteiger charge is -2.15. The quantitative estimate of drug-likeness (QED) is 0.382. The van der Waals surface area contributed by atoms with Crippen molar-refractivity contribution in [3.8, 4) is 34.1 Å². The number of halogens is 5. The largest absolute Gasteiger partial charge is 0.496 e. The highest BCUT2D eigenvalue weighted by molar-refractivity contribution is 5.78. The van der Waals surface area contributed by atoms with Gasteiger partial charge in [0.25, 0.3) is 0 Å². The zero-order valence-corrected chi connectivity index (χ0v) is 17.5. The van der Waals surface area contributed by atoms with Crippen LogP contribution < -0.4 is 19.2 Å². The third-order valence-corrected chi connectivity index (χ3v) is 4.38. The molecule has 3 aromatic carbocycles. The summed E-state index contributed by atoms with van der Waals surface area (Å²) in [4.78, 5) is 3.21. The van der Waals surface area contributed by atoms with E-state index in [0.29, 0.717) is 22.8 Å². The standard InChI is InChI=1S/C16H17FO3.C7H4F4O/c1-18-13-8-14(19-2)16(15(9-13)20-3)12-6-4-11(10-17)5-7-12;8-7(9,10)5-1-3-6(12-11)4-2-5/h4-9H,10H2,1-3H3;1-4H. The molecule has 0 aliphatic carbocycles. The lowest BCUT2D eigenvalue weighted by molar-refractivity contribution is -0.137. The lowest BCUT2D eigenvalue weighted by atomic mass is 10.0. The summed E-state index contributed by atoms with van der Waals surface area (Å²) in [5.74, 6) is 1.70. The van der Waals surface area contributed by atoms with Gasteiger partial charge >= 0.3 is 6.18 Å². The molecule has 0 spiro atoms. The van der Waals surface area contributed by atoms with Crippen LogP contribution in [0.1, 0.15) is 11.1 Å². The van der Waals surface area contributed by atoms with Gasteiger partial charge in [-0.15, -0.1) is 0 Å². The topological polar surface area (TPSA) is 36.9 Å². The van der Waals surface area contributed by atoms with Crippen molar-refractivity contribution in [3.63, 3.8) is 0 Å². The maximum atomic E-state index is 12.6. The van der Waals surface area contributed by atoms with Crippen LogP contribution in [0.5, 0.6) is 23.0 Å². The molecule has 0 heterocycles. The molecule has 0 aliphatic rings. The van der Waals surface area contributed by atoms with E-state index in [-0.39, 0.29) is 5.75 Å². The molecule has 3 rings (SSSR count). The fourth-order valence-electron chi connectivity index (χ4n) is 2.75. The van der Waals surface area contributed by atoms with E-state index in [1.807, 2.05) is 12.1 Å². The predicted octanol–water partition coefficient (Wildman–Crippen LogP) is 6.82. The van der Waals surface area contributed by atoms with Crippen molar-refractivity contribution >= 4 is 0 Å². The van der Waals surface area contributed by atoms with Gasteiger partial charge in [-0.2, -0.15) is 13.2 Å². The molecule has 0 bridgehead atoms. The summed E-state index contributed by atoms with van der Waals surface area (Å²) in [6, 6.07) is 14.1. The van der Waals surface area contributed by atoms with Crippen LogP contribution in [-0.2, 0) is 12.9 Å². The fourth-order valence-corrected chi connectivity index (χ4v) is 2.75. The summed E-state index contributed by atoms with van der Waals surface area (Å²) in [5.41, 5.74) is 1.53. The first kappa shape index (κ1) is 24.8. The van der Waals surface area contributed by atoms with Gasteiger partial charge in [0.2, 0.25) is 0 Å². The number of rotatable bonds is 6. The van der Waals surface area contributed by atoms with Gasteiger partial charge in [0.15, 0.2) is 5.75 Å². The van der Waals surface area contributed by atoms with Gasteiger partial charge in [-0.3, -0.25) is 4.94 Å². The van der Waals surface area contributed by atoms with E-state index < -0.39 is 18.4 Å². The van der Waals surface area contributed by atoms with Gasteiger partial charge in [-0.25, -0.2) is 4.39 Å². The van der Waals surface area contributed by atoms with E-state index in [9.17, 15) is 22.1 Å². The molecule has 9 heteroatoms. The molecule has 0 fully saturated rings. The summed E-state index contributed by atoms with van der Waals surface area (Å²) in [5, 5.41) is 0. The minimum absolute atomic E-state index is 0.247. The van der Waals surface area contributed by atoms with Crippen molar-refractivity contribution in [3.05, 3.63) is 71.8 Å². The monoisotopic (exact) mass is 456 g/mol. The Morgan fingerprint density at radius 2 is 1.25 bits per heavy atom. The number of ether oxygens (including phenoxy) is 3. The van der Waals surface area contributed by atoms with Gasteiger partial charge in [0.05, 0.1) is 32.5 Å². The Labute approximate surface area is 182 Å². The van der Waals surface area contributed by atoms with Crippen LogP contribution in [0.25, 0.3) is 11.1 Å². The molecule has 0 aliphatic heterocycles. The number of methoxy groups -OCH3 is 3. The smallest absolute Gasteiger partial charge is 0.416 e. The van der Waals surface area contributed by atoms with Crippen LogP contribution in [0.15, 0.2) is 60.7 Å². The maximum absolute atomic E-state index is 12.6.